The molecule has 2 heterocycles. The number of fused-ring (bicyclic) bond motifs is 1. The maximum atomic E-state index is 14.0. The lowest BCUT2D eigenvalue weighted by Crippen LogP contribution is -2.39. The van der Waals surface area contributed by atoms with Crippen molar-refractivity contribution in [3.05, 3.63) is 51.5 Å². The van der Waals surface area contributed by atoms with Gasteiger partial charge >= 0.3 is 6.18 Å². The van der Waals surface area contributed by atoms with E-state index in [0.29, 0.717) is 0 Å². The fourth-order valence-electron chi connectivity index (χ4n) is 3.20. The number of halogens is 6. The zero-order chi connectivity index (χ0) is 20.6. The van der Waals surface area contributed by atoms with Gasteiger partial charge in [0.25, 0.3) is 0 Å². The first kappa shape index (κ1) is 20.8. The van der Waals surface area contributed by atoms with E-state index in [1.54, 1.807) is 6.92 Å². The molecule has 1 amide bonds. The summed E-state index contributed by atoms with van der Waals surface area (Å²) in [6.07, 6.45) is -3.34. The molecule has 3 rings (SSSR count). The van der Waals surface area contributed by atoms with Crippen LogP contribution in [0.2, 0.25) is 0 Å². The van der Waals surface area contributed by atoms with Gasteiger partial charge in [-0.3, -0.25) is 4.79 Å². The van der Waals surface area contributed by atoms with Gasteiger partial charge in [0.15, 0.2) is 5.69 Å². The van der Waals surface area contributed by atoms with Gasteiger partial charge in [-0.05, 0) is 46.0 Å². The van der Waals surface area contributed by atoms with E-state index in [9.17, 15) is 26.7 Å². The molecule has 10 heteroatoms. The number of imidazole rings is 1. The van der Waals surface area contributed by atoms with Crippen molar-refractivity contribution >= 4 is 21.8 Å². The van der Waals surface area contributed by atoms with E-state index >= 15 is 0 Å². The van der Waals surface area contributed by atoms with Gasteiger partial charge in [-0.25, -0.2) is 13.8 Å². The van der Waals surface area contributed by atoms with Gasteiger partial charge in [0.05, 0.1) is 11.0 Å². The Bertz CT molecular complexity index is 896. The van der Waals surface area contributed by atoms with Crippen LogP contribution in [0.3, 0.4) is 0 Å². The van der Waals surface area contributed by atoms with E-state index in [1.165, 1.54) is 9.47 Å². The van der Waals surface area contributed by atoms with Crippen molar-refractivity contribution in [3.8, 4) is 0 Å². The molecule has 152 valence electrons. The van der Waals surface area contributed by atoms with Crippen LogP contribution < -0.4 is 0 Å². The standard InChI is InChI=1S/C18H17BrF5N3O/c1-10(4-11-6-14(21)12(19)7-13(11)20)5-17(28)27-3-2-26-8-15(18(22,23)24)25-16(26)9-27/h6-8,10H,2-5,9H2,1H3. The summed E-state index contributed by atoms with van der Waals surface area (Å²) in [4.78, 5) is 17.5. The Morgan fingerprint density at radius 1 is 1.25 bits per heavy atom. The smallest absolute Gasteiger partial charge is 0.333 e. The van der Waals surface area contributed by atoms with Crippen LogP contribution in [-0.2, 0) is 30.5 Å². The van der Waals surface area contributed by atoms with Crippen LogP contribution in [0, 0.1) is 17.6 Å². The molecule has 28 heavy (non-hydrogen) atoms. The lowest BCUT2D eigenvalue weighted by molar-refractivity contribution is -0.141. The highest BCUT2D eigenvalue weighted by molar-refractivity contribution is 9.10. The van der Waals surface area contributed by atoms with Gasteiger partial charge in [0.1, 0.15) is 17.5 Å². The third kappa shape index (κ3) is 4.53. The lowest BCUT2D eigenvalue weighted by Gasteiger charge is -2.28. The van der Waals surface area contributed by atoms with Gasteiger partial charge in [-0.2, -0.15) is 13.2 Å². The number of alkyl halides is 3. The summed E-state index contributed by atoms with van der Waals surface area (Å²) < 4.78 is 67.3. The number of aromatic nitrogens is 2. The van der Waals surface area contributed by atoms with Crippen molar-refractivity contribution < 1.29 is 26.7 Å². The van der Waals surface area contributed by atoms with Gasteiger partial charge in [-0.15, -0.1) is 0 Å². The zero-order valence-corrected chi connectivity index (χ0v) is 16.4. The molecular formula is C18H17BrF5N3O. The maximum Gasteiger partial charge on any atom is 0.434 e. The van der Waals surface area contributed by atoms with Crippen LogP contribution in [0.15, 0.2) is 22.8 Å². The summed E-state index contributed by atoms with van der Waals surface area (Å²) in [6, 6.07) is 2.14. The van der Waals surface area contributed by atoms with Gasteiger partial charge in [-0.1, -0.05) is 6.92 Å². The second-order valence-electron chi connectivity index (χ2n) is 6.92. The Morgan fingerprint density at radius 3 is 2.64 bits per heavy atom. The molecule has 1 unspecified atom stereocenters. The minimum atomic E-state index is -4.53. The van der Waals surface area contributed by atoms with Gasteiger partial charge < -0.3 is 9.47 Å². The molecule has 0 spiro atoms. The van der Waals surface area contributed by atoms with Crippen molar-refractivity contribution in [2.45, 2.75) is 39.0 Å². The van der Waals surface area contributed by atoms with Crippen molar-refractivity contribution in [3.63, 3.8) is 0 Å². The minimum Gasteiger partial charge on any atom is -0.333 e. The molecule has 4 nitrogen and oxygen atoms in total. The Kier molecular flexibility index (Phi) is 5.79. The third-order valence-electron chi connectivity index (χ3n) is 4.63. The van der Waals surface area contributed by atoms with Gasteiger partial charge in [0, 0.05) is 25.7 Å². The van der Waals surface area contributed by atoms with E-state index in [2.05, 4.69) is 20.9 Å². The quantitative estimate of drug-likeness (QED) is 0.490. The molecule has 1 atom stereocenters. The monoisotopic (exact) mass is 465 g/mol. The molecule has 2 aromatic rings. The molecule has 1 aliphatic rings. The number of amides is 1. The minimum absolute atomic E-state index is 0.0110. The molecule has 0 saturated heterocycles. The number of carbonyl (C=O) groups is 1. The van der Waals surface area contributed by atoms with E-state index in [-0.39, 0.29) is 60.2 Å². The predicted octanol–water partition coefficient (Wildman–Crippen LogP) is 4.55. The second kappa shape index (κ2) is 7.81. The Morgan fingerprint density at radius 2 is 1.96 bits per heavy atom. The number of hydrogen-bond acceptors (Lipinski definition) is 2. The number of hydrogen-bond donors (Lipinski definition) is 0. The summed E-state index contributed by atoms with van der Waals surface area (Å²) in [5, 5.41) is 0. The van der Waals surface area contributed by atoms with Crippen molar-refractivity contribution in [1.29, 1.82) is 0 Å². The highest BCUT2D eigenvalue weighted by atomic mass is 79.9. The second-order valence-corrected chi connectivity index (χ2v) is 7.77. The maximum absolute atomic E-state index is 14.0. The fourth-order valence-corrected chi connectivity index (χ4v) is 3.51. The molecule has 0 N–H and O–H groups in total. The molecular weight excluding hydrogens is 449 g/mol. The molecule has 1 aromatic carbocycles. The zero-order valence-electron chi connectivity index (χ0n) is 14.9. The summed E-state index contributed by atoms with van der Waals surface area (Å²) in [7, 11) is 0. The lowest BCUT2D eigenvalue weighted by atomic mass is 9.97. The SMILES string of the molecule is CC(CC(=O)N1CCn2cc(C(F)(F)F)nc2C1)Cc1cc(F)c(Br)cc1F. The molecule has 0 radical (unpaired) electrons. The Balaban J connectivity index is 1.62. The normalized spacial score (nSPS) is 15.5. The topological polar surface area (TPSA) is 38.1 Å². The first-order valence-corrected chi connectivity index (χ1v) is 9.38. The highest BCUT2D eigenvalue weighted by Crippen LogP contribution is 2.29. The molecule has 1 aromatic heterocycles. The van der Waals surface area contributed by atoms with E-state index < -0.39 is 23.5 Å². The third-order valence-corrected chi connectivity index (χ3v) is 5.23. The predicted molar refractivity (Wildman–Crippen MR) is 94.2 cm³/mol. The molecule has 0 fully saturated rings. The largest absolute Gasteiger partial charge is 0.434 e. The summed E-state index contributed by atoms with van der Waals surface area (Å²) >= 11 is 2.91. The van der Waals surface area contributed by atoms with Crippen LogP contribution in [0.4, 0.5) is 22.0 Å². The number of nitrogens with zero attached hydrogens (tertiary/aromatic N) is 3. The van der Waals surface area contributed by atoms with Gasteiger partial charge in [0.2, 0.25) is 5.91 Å². The molecule has 0 aliphatic carbocycles. The van der Waals surface area contributed by atoms with E-state index in [0.717, 1.165) is 18.3 Å². The van der Waals surface area contributed by atoms with Crippen molar-refractivity contribution in [1.82, 2.24) is 14.5 Å². The van der Waals surface area contributed by atoms with Crippen LogP contribution in [0.5, 0.6) is 0 Å². The first-order valence-electron chi connectivity index (χ1n) is 8.59. The summed E-state index contributed by atoms with van der Waals surface area (Å²) in [5.41, 5.74) is -0.803. The number of rotatable bonds is 4. The van der Waals surface area contributed by atoms with Crippen molar-refractivity contribution in [2.75, 3.05) is 6.54 Å². The summed E-state index contributed by atoms with van der Waals surface area (Å²) in [5.74, 6) is -1.49. The average molecular weight is 466 g/mol. The molecule has 1 aliphatic heterocycles. The summed E-state index contributed by atoms with van der Waals surface area (Å²) in [6.45, 7) is 2.23. The number of benzene rings is 1. The Labute approximate surface area is 166 Å². The van der Waals surface area contributed by atoms with Crippen LogP contribution in [0.25, 0.3) is 0 Å². The first-order chi connectivity index (χ1) is 13.0. The van der Waals surface area contributed by atoms with Crippen LogP contribution >= 0.6 is 15.9 Å². The van der Waals surface area contributed by atoms with Crippen molar-refractivity contribution in [2.24, 2.45) is 5.92 Å². The average Bonchev–Trinajstić information content (AvgIpc) is 3.03. The Hall–Kier alpha value is -1.97. The highest BCUT2D eigenvalue weighted by Gasteiger charge is 2.36. The molecule has 0 bridgehead atoms. The number of carbonyl (C=O) groups excluding carboxylic acids is 1. The fraction of sp³-hybridized carbons (Fsp3) is 0.444. The van der Waals surface area contributed by atoms with E-state index in [4.69, 9.17) is 0 Å². The van der Waals surface area contributed by atoms with E-state index in [1.807, 2.05) is 0 Å². The van der Waals surface area contributed by atoms with Crippen LogP contribution in [0.1, 0.15) is 30.4 Å². The molecule has 0 saturated carbocycles. The van der Waals surface area contributed by atoms with Crippen LogP contribution in [-0.4, -0.2) is 26.9 Å².